The Kier molecular flexibility index (Phi) is 10.1. The van der Waals surface area contributed by atoms with Crippen molar-refractivity contribution in [1.82, 2.24) is 9.97 Å². The van der Waals surface area contributed by atoms with E-state index >= 15 is 0 Å². The van der Waals surface area contributed by atoms with Crippen molar-refractivity contribution in [2.24, 2.45) is 0 Å². The Bertz CT molecular complexity index is 2240. The van der Waals surface area contributed by atoms with Crippen molar-refractivity contribution < 1.29 is 27.2 Å². The Morgan fingerprint density at radius 1 is 0.830 bits per heavy atom. The van der Waals surface area contributed by atoms with Crippen LogP contribution in [0.1, 0.15) is 30.6 Å². The van der Waals surface area contributed by atoms with Crippen LogP contribution in [0.2, 0.25) is 17.3 Å². The van der Waals surface area contributed by atoms with Crippen LogP contribution in [0.3, 0.4) is 0 Å². The summed E-state index contributed by atoms with van der Waals surface area (Å²) in [7, 11) is 0. The second kappa shape index (κ2) is 14.7. The molecule has 0 bridgehead atoms. The van der Waals surface area contributed by atoms with E-state index in [1.54, 1.807) is 18.3 Å². The Hall–Kier alpha value is -3.48. The van der Waals surface area contributed by atoms with E-state index < -0.39 is 19.6 Å². The van der Waals surface area contributed by atoms with Crippen LogP contribution < -0.4 is 4.40 Å². The summed E-state index contributed by atoms with van der Waals surface area (Å²) in [5.41, 5.74) is 7.75. The predicted molar refractivity (Wildman–Crippen MR) is 196 cm³/mol. The van der Waals surface area contributed by atoms with Crippen LogP contribution in [0.15, 0.2) is 103 Å². The first kappa shape index (κ1) is 32.1. The second-order valence-corrected chi connectivity index (χ2v) is 24.2. The average molecular weight is 876 g/mol. The number of pyridine rings is 2. The zero-order valence-electron chi connectivity index (χ0n) is 29.3. The van der Waals surface area contributed by atoms with Crippen LogP contribution in [0.5, 0.6) is 0 Å². The summed E-state index contributed by atoms with van der Waals surface area (Å²) in [5, 5.41) is 1.44. The summed E-state index contributed by atoms with van der Waals surface area (Å²) in [5.74, 6) is 6.90. The van der Waals surface area contributed by atoms with Gasteiger partial charge in [-0.25, -0.2) is 0 Å². The van der Waals surface area contributed by atoms with Gasteiger partial charge in [-0.2, -0.15) is 11.3 Å². The van der Waals surface area contributed by atoms with Gasteiger partial charge in [0, 0.05) is 39.6 Å². The van der Waals surface area contributed by atoms with Crippen LogP contribution in [-0.4, -0.2) is 23.2 Å². The van der Waals surface area contributed by atoms with Crippen molar-refractivity contribution in [2.45, 2.75) is 44.4 Å². The third-order valence-electron chi connectivity index (χ3n) is 8.07. The molecule has 0 aliphatic carbocycles. The maximum atomic E-state index is 14.7. The quantitative estimate of drug-likeness (QED) is 0.127. The molecule has 7 aromatic rings. The van der Waals surface area contributed by atoms with Gasteiger partial charge < -0.3 is 4.98 Å². The third kappa shape index (κ3) is 7.65. The fourth-order valence-corrected chi connectivity index (χ4v) is 10.6. The van der Waals surface area contributed by atoms with Crippen molar-refractivity contribution in [3.63, 3.8) is 0 Å². The Morgan fingerprint density at radius 2 is 1.57 bits per heavy atom. The molecule has 47 heavy (non-hydrogen) atoms. The van der Waals surface area contributed by atoms with Crippen LogP contribution >= 0.6 is 11.3 Å². The SMILES string of the molecule is Cc1cc(-c2[c-]cccc2)nc[c]1[Ge]([CH3])([CH3])[CH3].[2H]C([2H])(c1ccnc(-c2[c-]cc(F)c3c2sc2ccccc23)c1)c1c(C)cccc1C.[Ir]. The fraction of sp³-hybridized carbons (Fsp3) is 0.171. The maximum Gasteiger partial charge on any atom is 0.0470 e. The summed E-state index contributed by atoms with van der Waals surface area (Å²) in [6.07, 6.45) is 2.00. The van der Waals surface area contributed by atoms with Crippen molar-refractivity contribution >= 4 is 49.2 Å². The molecule has 0 spiro atoms. The molecule has 0 saturated carbocycles. The van der Waals surface area contributed by atoms with Gasteiger partial charge in [0.05, 0.1) is 0 Å². The van der Waals surface area contributed by atoms with Crippen molar-refractivity contribution in [2.75, 3.05) is 0 Å². The minimum Gasteiger partial charge on any atom is -0.305 e. The minimum atomic E-state index is -1.77. The van der Waals surface area contributed by atoms with E-state index in [0.29, 0.717) is 27.8 Å². The predicted octanol–water partition coefficient (Wildman–Crippen LogP) is 10.7. The van der Waals surface area contributed by atoms with Crippen molar-refractivity contribution in [1.29, 1.82) is 0 Å². The van der Waals surface area contributed by atoms with E-state index in [1.165, 1.54) is 27.4 Å². The summed E-state index contributed by atoms with van der Waals surface area (Å²) < 4.78 is 35.8. The Balaban J connectivity index is 0.000000221. The zero-order chi connectivity index (χ0) is 34.2. The molecule has 0 atom stereocenters. The van der Waals surface area contributed by atoms with E-state index in [2.05, 4.69) is 64.6 Å². The molecule has 0 amide bonds. The number of fused-ring (bicyclic) bond motifs is 3. The third-order valence-corrected chi connectivity index (χ3v) is 13.8. The molecule has 0 aliphatic rings. The van der Waals surface area contributed by atoms with Crippen LogP contribution in [0.4, 0.5) is 4.39 Å². The number of hydrogen-bond donors (Lipinski definition) is 0. The molecule has 2 nitrogen and oxygen atoms in total. The maximum absolute atomic E-state index is 14.7. The van der Waals surface area contributed by atoms with Gasteiger partial charge in [-0.3, -0.25) is 4.39 Å². The van der Waals surface area contributed by atoms with E-state index in [-0.39, 0.29) is 25.9 Å². The number of aryl methyl sites for hydroxylation is 3. The minimum absolute atomic E-state index is 0. The van der Waals surface area contributed by atoms with Gasteiger partial charge in [0.2, 0.25) is 0 Å². The second-order valence-electron chi connectivity index (χ2n) is 12.5. The van der Waals surface area contributed by atoms with E-state index in [0.717, 1.165) is 37.2 Å². The number of thiophene rings is 1. The molecule has 239 valence electrons. The van der Waals surface area contributed by atoms with Gasteiger partial charge in [0.25, 0.3) is 0 Å². The number of nitrogens with zero attached hydrogens (tertiary/aromatic N) is 2. The Morgan fingerprint density at radius 3 is 2.28 bits per heavy atom. The molecule has 0 aliphatic heterocycles. The molecule has 3 aromatic heterocycles. The van der Waals surface area contributed by atoms with Gasteiger partial charge in [0.15, 0.2) is 0 Å². The normalized spacial score (nSPS) is 12.1. The van der Waals surface area contributed by atoms with Crippen molar-refractivity contribution in [3.05, 3.63) is 149 Å². The summed E-state index contributed by atoms with van der Waals surface area (Å²) in [6.45, 7) is 6.05. The van der Waals surface area contributed by atoms with E-state index in [4.69, 9.17) is 2.74 Å². The number of rotatable bonds is 5. The van der Waals surface area contributed by atoms with Crippen LogP contribution in [-0.2, 0) is 26.5 Å². The summed E-state index contributed by atoms with van der Waals surface area (Å²) >= 11 is -0.266. The first-order valence-electron chi connectivity index (χ1n) is 16.4. The molecular formula is C41H37FGeIrN2S-2. The molecule has 0 saturated heterocycles. The van der Waals surface area contributed by atoms with Gasteiger partial charge in [0.1, 0.15) is 0 Å². The van der Waals surface area contributed by atoms with Gasteiger partial charge in [-0.05, 0) is 75.8 Å². The number of halogens is 1. The molecule has 1 radical (unpaired) electrons. The fourth-order valence-electron chi connectivity index (χ4n) is 5.76. The Labute approximate surface area is 300 Å². The van der Waals surface area contributed by atoms with Gasteiger partial charge in [-0.15, -0.1) is 17.7 Å². The number of hydrogen-bond acceptors (Lipinski definition) is 3. The topological polar surface area (TPSA) is 25.8 Å². The standard InChI is InChI=1S/C26H19FNS.C15H18GeN.Ir/c1-16-6-5-7-17(2)21(16)14-18-12-13-28-23(15-18)19-10-11-22(27)25-20-8-3-4-9-24(20)29-26(19)25;1-12-10-15(13-8-6-5-7-9-13)17-11-14(12)16(2,3)4;/h3-9,11-13,15H,14H2,1-2H3;5-8,10-11H,1-4H3;/q2*-1;/i14D2;;. The molecule has 7 rings (SSSR count). The van der Waals surface area contributed by atoms with Crippen LogP contribution in [0, 0.1) is 38.7 Å². The summed E-state index contributed by atoms with van der Waals surface area (Å²) in [6, 6.07) is 34.8. The summed E-state index contributed by atoms with van der Waals surface area (Å²) in [4.78, 5) is 9.09. The van der Waals surface area contributed by atoms with Crippen LogP contribution in [0.25, 0.3) is 42.7 Å². The van der Waals surface area contributed by atoms with E-state index in [1.807, 2.05) is 74.5 Å². The van der Waals surface area contributed by atoms with E-state index in [9.17, 15) is 4.39 Å². The average Bonchev–Trinajstić information content (AvgIpc) is 3.45. The largest absolute Gasteiger partial charge is 0.305 e. The molecule has 3 heterocycles. The molecule has 6 heteroatoms. The monoisotopic (exact) mass is 877 g/mol. The number of benzene rings is 4. The molecule has 0 N–H and O–H groups in total. The first-order chi connectivity index (χ1) is 22.9. The van der Waals surface area contributed by atoms with Crippen molar-refractivity contribution in [3.8, 4) is 22.5 Å². The smallest absolute Gasteiger partial charge is 0.0470 e. The number of aromatic nitrogens is 2. The molecule has 4 aromatic carbocycles. The molecule has 0 unspecified atom stereocenters. The zero-order valence-corrected chi connectivity index (χ0v) is 32.6. The molecular weight excluding hydrogens is 836 g/mol. The van der Waals surface area contributed by atoms with Gasteiger partial charge >= 0.3 is 106 Å². The molecule has 0 fully saturated rings. The first-order valence-corrected chi connectivity index (χ1v) is 23.5. The van der Waals surface area contributed by atoms with Gasteiger partial charge in [-0.1, -0.05) is 42.5 Å².